The number of nitrogens with one attached hydrogen (secondary N) is 2. The highest BCUT2D eigenvalue weighted by atomic mass is 16.6. The van der Waals surface area contributed by atoms with Crippen molar-refractivity contribution in [3.63, 3.8) is 0 Å². The molecule has 2 aromatic carbocycles. The fourth-order valence-corrected chi connectivity index (χ4v) is 5.82. The van der Waals surface area contributed by atoms with E-state index in [-0.39, 0.29) is 37.6 Å². The fourth-order valence-electron chi connectivity index (χ4n) is 5.82. The second-order valence-electron chi connectivity index (χ2n) is 13.7. The Morgan fingerprint density at radius 2 is 1.69 bits per heavy atom. The zero-order chi connectivity index (χ0) is 36.0. The van der Waals surface area contributed by atoms with Crippen molar-refractivity contribution in [2.75, 3.05) is 26.7 Å². The van der Waals surface area contributed by atoms with Gasteiger partial charge in [-0.25, -0.2) is 14.6 Å². The van der Waals surface area contributed by atoms with Gasteiger partial charge in [-0.15, -0.1) is 0 Å². The van der Waals surface area contributed by atoms with Crippen molar-refractivity contribution in [3.05, 3.63) is 71.3 Å². The molecule has 0 radical (unpaired) electrons. The average Bonchev–Trinajstić information content (AvgIpc) is 3.27. The van der Waals surface area contributed by atoms with Crippen LogP contribution < -0.4 is 10.6 Å². The summed E-state index contributed by atoms with van der Waals surface area (Å²) in [5.74, 6) is 4.12. The largest absolute Gasteiger partial charge is 0.462 e. The van der Waals surface area contributed by atoms with E-state index in [1.807, 2.05) is 30.3 Å². The molecule has 2 aliphatic rings. The number of rotatable bonds is 9. The molecule has 1 fully saturated rings. The van der Waals surface area contributed by atoms with Gasteiger partial charge in [-0.1, -0.05) is 54.3 Å². The van der Waals surface area contributed by atoms with Crippen molar-refractivity contribution < 1.29 is 33.4 Å². The molecule has 2 aliphatic heterocycles. The molecule has 0 bridgehead atoms. The van der Waals surface area contributed by atoms with Crippen molar-refractivity contribution in [1.82, 2.24) is 20.5 Å². The molecule has 12 heteroatoms. The Hall–Kier alpha value is -5.18. The normalized spacial score (nSPS) is 17.9. The number of carbonyl (C=O) groups excluding carboxylic acids is 5. The van der Waals surface area contributed by atoms with Gasteiger partial charge in [0.25, 0.3) is 5.91 Å². The summed E-state index contributed by atoms with van der Waals surface area (Å²) in [5, 5.41) is 11.2. The Kier molecular flexibility index (Phi) is 11.2. The third-order valence-electron chi connectivity index (χ3n) is 8.20. The lowest BCUT2D eigenvalue weighted by molar-refractivity contribution is -0.142. The van der Waals surface area contributed by atoms with Crippen molar-refractivity contribution in [1.29, 1.82) is 0 Å². The van der Waals surface area contributed by atoms with E-state index in [1.54, 1.807) is 63.9 Å². The summed E-state index contributed by atoms with van der Waals surface area (Å²) in [7, 11) is 1.61. The molecule has 0 saturated carbocycles. The van der Waals surface area contributed by atoms with Crippen LogP contribution in [0.4, 0.5) is 4.79 Å². The Bertz CT molecular complexity index is 1690. The molecule has 2 aromatic rings. The highest BCUT2D eigenvalue weighted by Crippen LogP contribution is 2.38. The first-order valence-electron chi connectivity index (χ1n) is 16.3. The van der Waals surface area contributed by atoms with Crippen LogP contribution in [-0.2, 0) is 30.3 Å². The van der Waals surface area contributed by atoms with E-state index in [2.05, 4.69) is 27.6 Å². The number of hydrogen-bond acceptors (Lipinski definition) is 8. The third kappa shape index (κ3) is 8.84. The quantitative estimate of drug-likeness (QED) is 0.306. The summed E-state index contributed by atoms with van der Waals surface area (Å²) in [6.07, 6.45) is -0.185. The van der Waals surface area contributed by atoms with Crippen LogP contribution in [0.2, 0.25) is 0 Å². The number of likely N-dealkylation sites (tertiary alicyclic amines) is 1. The number of alkyl carbamates (subject to hydrolysis) is 1. The zero-order valence-corrected chi connectivity index (χ0v) is 29.2. The molecule has 2 N–H and O–H groups in total. The van der Waals surface area contributed by atoms with Gasteiger partial charge in [0.1, 0.15) is 22.6 Å². The van der Waals surface area contributed by atoms with Gasteiger partial charge >= 0.3 is 12.1 Å². The van der Waals surface area contributed by atoms with Crippen molar-refractivity contribution >= 4 is 35.5 Å². The maximum Gasteiger partial charge on any atom is 0.408 e. The molecule has 260 valence electrons. The maximum atomic E-state index is 14.3. The Morgan fingerprint density at radius 3 is 2.37 bits per heavy atom. The van der Waals surface area contributed by atoms with Crippen molar-refractivity contribution in [3.8, 4) is 11.8 Å². The predicted molar refractivity (Wildman–Crippen MR) is 183 cm³/mol. The molecule has 49 heavy (non-hydrogen) atoms. The molecule has 4 amide bonds. The fraction of sp³-hybridized carbons (Fsp3) is 0.459. The molecule has 0 aromatic heterocycles. The molecule has 1 saturated heterocycles. The first-order valence-corrected chi connectivity index (χ1v) is 16.3. The van der Waals surface area contributed by atoms with Crippen LogP contribution in [0.15, 0.2) is 59.7 Å². The number of amides is 4. The SMILES string of the molecule is CCOC(=O)c1ccccc1C#CCC(NC(=O)C(C)(C)NC(=O)OC(C)(C)C)C(=O)N1CCC2=NN(C)C(=O)C2(Cc2ccccc2)C1. The predicted octanol–water partition coefficient (Wildman–Crippen LogP) is 3.68. The molecule has 2 atom stereocenters. The van der Waals surface area contributed by atoms with Crippen LogP contribution in [0.1, 0.15) is 75.9 Å². The number of nitrogens with zero attached hydrogens (tertiary/aromatic N) is 3. The molecular formula is C37H45N5O7. The van der Waals surface area contributed by atoms with E-state index in [4.69, 9.17) is 9.47 Å². The lowest BCUT2D eigenvalue weighted by Crippen LogP contribution is -2.62. The molecule has 2 unspecified atom stereocenters. The van der Waals surface area contributed by atoms with E-state index in [1.165, 1.54) is 18.9 Å². The van der Waals surface area contributed by atoms with Gasteiger partial charge in [0, 0.05) is 38.5 Å². The van der Waals surface area contributed by atoms with Gasteiger partial charge in [-0.05, 0) is 65.7 Å². The van der Waals surface area contributed by atoms with E-state index >= 15 is 0 Å². The van der Waals surface area contributed by atoms with Gasteiger partial charge in [-0.2, -0.15) is 5.10 Å². The minimum atomic E-state index is -1.47. The van der Waals surface area contributed by atoms with Crippen LogP contribution in [0, 0.1) is 17.3 Å². The standard InChI is InChI=1S/C37H45N5O7/c1-8-48-31(44)27-19-13-12-17-26(27)18-14-20-28(38-32(45)36(5,6)39-34(47)49-35(2,3)4)30(43)42-22-21-29-37(24-42,33(46)41(7)40-29)23-25-15-10-9-11-16-25/h9-13,15-17,19,28H,8,20-24H2,1-7H3,(H,38,45)(H,39,47). The first kappa shape index (κ1) is 36.7. The summed E-state index contributed by atoms with van der Waals surface area (Å²) in [5.41, 5.74) is -0.981. The number of ether oxygens (including phenoxy) is 2. The molecule has 0 spiro atoms. The summed E-state index contributed by atoms with van der Waals surface area (Å²) >= 11 is 0. The highest BCUT2D eigenvalue weighted by Gasteiger charge is 2.54. The van der Waals surface area contributed by atoms with E-state index in [9.17, 15) is 24.0 Å². The van der Waals surface area contributed by atoms with Gasteiger partial charge in [0.2, 0.25) is 11.8 Å². The van der Waals surface area contributed by atoms with Gasteiger partial charge < -0.3 is 25.0 Å². The maximum absolute atomic E-state index is 14.3. The monoisotopic (exact) mass is 671 g/mol. The summed E-state index contributed by atoms with van der Waals surface area (Å²) in [4.78, 5) is 68.3. The Morgan fingerprint density at radius 1 is 1.02 bits per heavy atom. The number of hydrogen-bond donors (Lipinski definition) is 2. The lowest BCUT2D eigenvalue weighted by Gasteiger charge is -2.40. The minimum absolute atomic E-state index is 0.0633. The number of piperidine rings is 1. The van der Waals surface area contributed by atoms with Crippen LogP contribution in [-0.4, -0.2) is 89.3 Å². The van der Waals surface area contributed by atoms with Crippen LogP contribution in [0.25, 0.3) is 0 Å². The second kappa shape index (κ2) is 14.9. The molecule has 4 rings (SSSR count). The third-order valence-corrected chi connectivity index (χ3v) is 8.20. The number of esters is 1. The summed E-state index contributed by atoms with van der Waals surface area (Å²) in [6, 6.07) is 15.1. The highest BCUT2D eigenvalue weighted by molar-refractivity contribution is 6.13. The van der Waals surface area contributed by atoms with Crippen molar-refractivity contribution in [2.45, 2.75) is 78.0 Å². The molecule has 0 aliphatic carbocycles. The summed E-state index contributed by atoms with van der Waals surface area (Å²) in [6.45, 7) is 10.4. The average molecular weight is 672 g/mol. The van der Waals surface area contributed by atoms with Gasteiger partial charge in [0.05, 0.1) is 17.9 Å². The van der Waals surface area contributed by atoms with Crippen LogP contribution in [0.5, 0.6) is 0 Å². The van der Waals surface area contributed by atoms with E-state index in [0.29, 0.717) is 24.1 Å². The first-order chi connectivity index (χ1) is 23.1. The lowest BCUT2D eigenvalue weighted by atomic mass is 9.73. The molecule has 12 nitrogen and oxygen atoms in total. The number of carbonyl (C=O) groups is 5. The van der Waals surface area contributed by atoms with Gasteiger partial charge in [0.15, 0.2) is 0 Å². The topological polar surface area (TPSA) is 147 Å². The number of fused-ring (bicyclic) bond motifs is 1. The van der Waals surface area contributed by atoms with E-state index in [0.717, 1.165) is 5.56 Å². The minimum Gasteiger partial charge on any atom is -0.462 e. The number of benzene rings is 2. The van der Waals surface area contributed by atoms with Crippen LogP contribution >= 0.6 is 0 Å². The van der Waals surface area contributed by atoms with E-state index < -0.39 is 46.5 Å². The van der Waals surface area contributed by atoms with Gasteiger partial charge in [-0.3, -0.25) is 14.4 Å². The zero-order valence-electron chi connectivity index (χ0n) is 29.2. The Labute approximate surface area is 287 Å². The number of hydrazone groups is 1. The van der Waals surface area contributed by atoms with Crippen molar-refractivity contribution in [2.24, 2.45) is 10.5 Å². The summed E-state index contributed by atoms with van der Waals surface area (Å²) < 4.78 is 10.5. The molecule has 2 heterocycles. The smallest absolute Gasteiger partial charge is 0.408 e. The Balaban J connectivity index is 1.63. The second-order valence-corrected chi connectivity index (χ2v) is 13.7. The van der Waals surface area contributed by atoms with Crippen LogP contribution in [0.3, 0.4) is 0 Å². The molecular weight excluding hydrogens is 626 g/mol.